The maximum absolute atomic E-state index is 4.94. The normalized spacial score (nSPS) is 26.7. The van der Waals surface area contributed by atoms with Gasteiger partial charge in [0.2, 0.25) is 0 Å². The first-order chi connectivity index (χ1) is 9.19. The van der Waals surface area contributed by atoms with Crippen molar-refractivity contribution in [2.45, 2.75) is 57.8 Å². The third-order valence-corrected chi connectivity index (χ3v) is 5.33. The second-order valence-corrected chi connectivity index (χ2v) is 7.13. The molecule has 0 aliphatic heterocycles. The van der Waals surface area contributed by atoms with Crippen LogP contribution in [0.3, 0.4) is 0 Å². The van der Waals surface area contributed by atoms with Gasteiger partial charge in [0.25, 0.3) is 0 Å². The predicted molar refractivity (Wildman–Crippen MR) is 86.6 cm³/mol. The van der Waals surface area contributed by atoms with E-state index in [2.05, 4.69) is 41.8 Å². The van der Waals surface area contributed by atoms with Crippen LogP contribution < -0.4 is 5.32 Å². The third kappa shape index (κ3) is 2.88. The minimum absolute atomic E-state index is 0.585. The SMILES string of the molecule is CCNc1nc(C2CCC(C)C2)nc(C2CC2)c1I. The molecule has 3 nitrogen and oxygen atoms in total. The fraction of sp³-hybridized carbons (Fsp3) is 0.733. The maximum atomic E-state index is 4.94. The molecule has 2 unspecified atom stereocenters. The molecule has 0 radical (unpaired) electrons. The lowest BCUT2D eigenvalue weighted by Crippen LogP contribution is -2.11. The molecule has 0 saturated heterocycles. The number of nitrogens with one attached hydrogen (secondary N) is 1. The van der Waals surface area contributed by atoms with Crippen molar-refractivity contribution in [2.75, 3.05) is 11.9 Å². The van der Waals surface area contributed by atoms with Crippen LogP contribution in [0.15, 0.2) is 0 Å². The summed E-state index contributed by atoms with van der Waals surface area (Å²) < 4.78 is 1.25. The molecule has 2 atom stereocenters. The highest BCUT2D eigenvalue weighted by molar-refractivity contribution is 14.1. The summed E-state index contributed by atoms with van der Waals surface area (Å²) >= 11 is 2.42. The van der Waals surface area contributed by atoms with Crippen molar-refractivity contribution in [1.82, 2.24) is 9.97 Å². The van der Waals surface area contributed by atoms with Crippen LogP contribution in [0, 0.1) is 9.49 Å². The average Bonchev–Trinajstić information content (AvgIpc) is 3.14. The van der Waals surface area contributed by atoms with Crippen LogP contribution in [0.25, 0.3) is 0 Å². The highest BCUT2D eigenvalue weighted by Crippen LogP contribution is 2.44. The van der Waals surface area contributed by atoms with E-state index in [1.807, 2.05) is 0 Å². The molecule has 2 aliphatic carbocycles. The summed E-state index contributed by atoms with van der Waals surface area (Å²) in [5, 5.41) is 3.42. The Hall–Kier alpha value is -0.390. The van der Waals surface area contributed by atoms with Gasteiger partial charge in [0.05, 0.1) is 9.26 Å². The summed E-state index contributed by atoms with van der Waals surface area (Å²) in [4.78, 5) is 9.75. The van der Waals surface area contributed by atoms with Gasteiger partial charge in [-0.15, -0.1) is 0 Å². The third-order valence-electron chi connectivity index (χ3n) is 4.26. The van der Waals surface area contributed by atoms with Crippen molar-refractivity contribution in [1.29, 1.82) is 0 Å². The van der Waals surface area contributed by atoms with Gasteiger partial charge in [-0.25, -0.2) is 9.97 Å². The Morgan fingerprint density at radius 2 is 1.89 bits per heavy atom. The van der Waals surface area contributed by atoms with Crippen LogP contribution in [0.4, 0.5) is 5.82 Å². The highest BCUT2D eigenvalue weighted by atomic mass is 127. The van der Waals surface area contributed by atoms with Gasteiger partial charge in [-0.3, -0.25) is 0 Å². The van der Waals surface area contributed by atoms with E-state index in [-0.39, 0.29) is 0 Å². The molecule has 2 aliphatic rings. The Bertz CT molecular complexity index is 471. The van der Waals surface area contributed by atoms with Crippen LogP contribution in [0.1, 0.15) is 69.3 Å². The summed E-state index contributed by atoms with van der Waals surface area (Å²) in [6.45, 7) is 5.41. The quantitative estimate of drug-likeness (QED) is 0.803. The molecule has 1 N–H and O–H groups in total. The van der Waals surface area contributed by atoms with E-state index >= 15 is 0 Å². The van der Waals surface area contributed by atoms with E-state index in [1.54, 1.807) is 0 Å². The van der Waals surface area contributed by atoms with Crippen molar-refractivity contribution in [3.05, 3.63) is 15.1 Å². The molecule has 104 valence electrons. The van der Waals surface area contributed by atoms with Gasteiger partial charge in [-0.05, 0) is 67.5 Å². The molecule has 0 amide bonds. The smallest absolute Gasteiger partial charge is 0.143 e. The lowest BCUT2D eigenvalue weighted by Gasteiger charge is -2.15. The average molecular weight is 371 g/mol. The second-order valence-electron chi connectivity index (χ2n) is 6.05. The minimum Gasteiger partial charge on any atom is -0.369 e. The number of aromatic nitrogens is 2. The van der Waals surface area contributed by atoms with Crippen LogP contribution in [0.5, 0.6) is 0 Å². The van der Waals surface area contributed by atoms with Crippen molar-refractivity contribution in [2.24, 2.45) is 5.92 Å². The van der Waals surface area contributed by atoms with Crippen molar-refractivity contribution >= 4 is 28.4 Å². The van der Waals surface area contributed by atoms with Crippen LogP contribution in [-0.4, -0.2) is 16.5 Å². The van der Waals surface area contributed by atoms with Gasteiger partial charge in [-0.1, -0.05) is 6.92 Å². The molecule has 0 spiro atoms. The summed E-state index contributed by atoms with van der Waals surface area (Å²) in [5.41, 5.74) is 1.31. The lowest BCUT2D eigenvalue weighted by atomic mass is 10.1. The van der Waals surface area contributed by atoms with E-state index in [0.717, 1.165) is 24.1 Å². The van der Waals surface area contributed by atoms with Crippen molar-refractivity contribution in [3.63, 3.8) is 0 Å². The molecule has 2 saturated carbocycles. The predicted octanol–water partition coefficient (Wildman–Crippen LogP) is 4.29. The molecule has 3 rings (SSSR count). The lowest BCUT2D eigenvalue weighted by molar-refractivity contribution is 0.583. The number of rotatable bonds is 4. The Labute approximate surface area is 129 Å². The van der Waals surface area contributed by atoms with Gasteiger partial charge >= 0.3 is 0 Å². The molecule has 19 heavy (non-hydrogen) atoms. The zero-order chi connectivity index (χ0) is 13.4. The molecule has 4 heteroatoms. The fourth-order valence-corrected chi connectivity index (χ4v) is 3.89. The Balaban J connectivity index is 1.94. The van der Waals surface area contributed by atoms with Crippen molar-refractivity contribution in [3.8, 4) is 0 Å². The zero-order valence-electron chi connectivity index (χ0n) is 11.7. The molecule has 0 bridgehead atoms. The molecular weight excluding hydrogens is 349 g/mol. The van der Waals surface area contributed by atoms with Crippen LogP contribution >= 0.6 is 22.6 Å². The van der Waals surface area contributed by atoms with Gasteiger partial charge in [0, 0.05) is 18.4 Å². The van der Waals surface area contributed by atoms with Gasteiger partial charge < -0.3 is 5.32 Å². The van der Waals surface area contributed by atoms with E-state index < -0.39 is 0 Å². The van der Waals surface area contributed by atoms with E-state index in [9.17, 15) is 0 Å². The fourth-order valence-electron chi connectivity index (χ4n) is 3.02. The van der Waals surface area contributed by atoms with Crippen molar-refractivity contribution < 1.29 is 0 Å². The summed E-state index contributed by atoms with van der Waals surface area (Å²) in [5.74, 6) is 4.28. The number of halogens is 1. The van der Waals surface area contributed by atoms with Crippen LogP contribution in [0.2, 0.25) is 0 Å². The topological polar surface area (TPSA) is 37.8 Å². The first-order valence-electron chi connectivity index (χ1n) is 7.50. The first kappa shape index (κ1) is 13.6. The molecule has 0 aromatic carbocycles. The van der Waals surface area contributed by atoms with Crippen LogP contribution in [-0.2, 0) is 0 Å². The first-order valence-corrected chi connectivity index (χ1v) is 8.58. The number of anilines is 1. The Kier molecular flexibility index (Phi) is 3.96. The molecule has 1 heterocycles. The summed E-state index contributed by atoms with van der Waals surface area (Å²) in [6.07, 6.45) is 6.46. The molecule has 1 aromatic rings. The highest BCUT2D eigenvalue weighted by Gasteiger charge is 2.32. The number of hydrogen-bond donors (Lipinski definition) is 1. The molecule has 1 aromatic heterocycles. The standard InChI is InChI=1S/C15H22IN3/c1-3-17-15-12(16)13(10-6-7-10)18-14(19-15)11-5-4-9(2)8-11/h9-11H,3-8H2,1-2H3,(H,17,18,19). The Morgan fingerprint density at radius 3 is 2.47 bits per heavy atom. The van der Waals surface area contributed by atoms with E-state index in [4.69, 9.17) is 9.97 Å². The largest absolute Gasteiger partial charge is 0.369 e. The Morgan fingerprint density at radius 1 is 1.16 bits per heavy atom. The second kappa shape index (κ2) is 5.54. The number of nitrogens with zero attached hydrogens (tertiary/aromatic N) is 2. The molecular formula is C15H22IN3. The van der Waals surface area contributed by atoms with Gasteiger partial charge in [0.1, 0.15) is 11.6 Å². The van der Waals surface area contributed by atoms with E-state index in [0.29, 0.717) is 11.8 Å². The number of hydrogen-bond acceptors (Lipinski definition) is 3. The zero-order valence-corrected chi connectivity index (χ0v) is 13.9. The summed E-state index contributed by atoms with van der Waals surface area (Å²) in [6, 6.07) is 0. The van der Waals surface area contributed by atoms with Gasteiger partial charge in [0.15, 0.2) is 0 Å². The summed E-state index contributed by atoms with van der Waals surface area (Å²) in [7, 11) is 0. The maximum Gasteiger partial charge on any atom is 0.143 e. The monoisotopic (exact) mass is 371 g/mol. The minimum atomic E-state index is 0.585. The van der Waals surface area contributed by atoms with E-state index in [1.165, 1.54) is 41.4 Å². The molecule has 2 fully saturated rings. The van der Waals surface area contributed by atoms with Gasteiger partial charge in [-0.2, -0.15) is 0 Å².